The lowest BCUT2D eigenvalue weighted by Gasteiger charge is -2.00. The molecule has 1 unspecified atom stereocenters. The van der Waals surface area contributed by atoms with Crippen LogP contribution in [-0.4, -0.2) is 18.2 Å². The molecule has 0 bridgehead atoms. The van der Waals surface area contributed by atoms with Crippen molar-refractivity contribution in [3.8, 4) is 0 Å². The van der Waals surface area contributed by atoms with Gasteiger partial charge in [0.05, 0.1) is 5.69 Å². The Morgan fingerprint density at radius 3 is 3.00 bits per heavy atom. The highest BCUT2D eigenvalue weighted by atomic mass is 16.5. The minimum absolute atomic E-state index is 0.440. The van der Waals surface area contributed by atoms with E-state index in [0.717, 1.165) is 24.5 Å². The summed E-state index contributed by atoms with van der Waals surface area (Å²) in [6.07, 6.45) is 1.18. The normalized spacial score (nSPS) is 22.8. The Morgan fingerprint density at radius 2 is 2.46 bits per heavy atom. The molecule has 1 atom stereocenters. The first kappa shape index (κ1) is 8.75. The molecule has 2 rings (SSSR count). The molecule has 0 saturated carbocycles. The van der Waals surface area contributed by atoms with Gasteiger partial charge in [-0.3, -0.25) is 0 Å². The molecular weight excluding hydrogens is 164 g/mol. The molecule has 0 radical (unpaired) electrons. The Balaban J connectivity index is 2.12. The lowest BCUT2D eigenvalue weighted by atomic mass is 10.0. The van der Waals surface area contributed by atoms with Crippen molar-refractivity contribution in [2.24, 2.45) is 0 Å². The van der Waals surface area contributed by atoms with E-state index in [0.29, 0.717) is 11.8 Å². The molecule has 1 aliphatic heterocycles. The van der Waals surface area contributed by atoms with Crippen LogP contribution in [0, 0.1) is 0 Å². The average molecular weight is 180 g/mol. The molecule has 13 heavy (non-hydrogen) atoms. The van der Waals surface area contributed by atoms with Crippen LogP contribution in [0.15, 0.2) is 10.6 Å². The van der Waals surface area contributed by atoms with E-state index in [-0.39, 0.29) is 0 Å². The number of hydrogen-bond acceptors (Lipinski definition) is 3. The lowest BCUT2D eigenvalue weighted by molar-refractivity contribution is 0.362. The zero-order chi connectivity index (χ0) is 9.26. The molecule has 1 aliphatic rings. The van der Waals surface area contributed by atoms with Crippen molar-refractivity contribution in [1.29, 1.82) is 0 Å². The van der Waals surface area contributed by atoms with Gasteiger partial charge in [0.25, 0.3) is 0 Å². The maximum atomic E-state index is 5.26. The molecular formula is C10H16N2O. The first-order valence-electron chi connectivity index (χ1n) is 4.94. The van der Waals surface area contributed by atoms with Gasteiger partial charge < -0.3 is 9.84 Å². The number of nitrogens with zero attached hydrogens (tertiary/aromatic N) is 1. The first-order valence-corrected chi connectivity index (χ1v) is 4.94. The number of rotatable bonds is 2. The fraction of sp³-hybridized carbons (Fsp3) is 0.700. The van der Waals surface area contributed by atoms with Crippen LogP contribution in [0.2, 0.25) is 0 Å². The average Bonchev–Trinajstić information content (AvgIpc) is 2.75. The Bertz CT molecular complexity index is 274. The molecule has 1 N–H and O–H groups in total. The summed E-state index contributed by atoms with van der Waals surface area (Å²) in [5.41, 5.74) is 1.12. The third-order valence-corrected chi connectivity index (χ3v) is 2.59. The monoisotopic (exact) mass is 180 g/mol. The third-order valence-electron chi connectivity index (χ3n) is 2.59. The van der Waals surface area contributed by atoms with Crippen molar-refractivity contribution >= 4 is 0 Å². The second-order valence-corrected chi connectivity index (χ2v) is 4.00. The van der Waals surface area contributed by atoms with E-state index in [1.165, 1.54) is 6.42 Å². The highest BCUT2D eigenvalue weighted by molar-refractivity contribution is 5.14. The Kier molecular flexibility index (Phi) is 2.36. The Labute approximate surface area is 78.5 Å². The van der Waals surface area contributed by atoms with E-state index in [1.54, 1.807) is 0 Å². The lowest BCUT2D eigenvalue weighted by Crippen LogP contribution is -2.07. The molecule has 0 spiro atoms. The standard InChI is InChI=1S/C10H16N2O/c1-7(2)10-5-9(12-13-10)8-3-4-11-6-8/h5,7-8,11H,3-4,6H2,1-2H3. The van der Waals surface area contributed by atoms with Crippen LogP contribution in [0.1, 0.15) is 43.6 Å². The predicted molar refractivity (Wildman–Crippen MR) is 50.8 cm³/mol. The van der Waals surface area contributed by atoms with E-state index in [2.05, 4.69) is 30.4 Å². The summed E-state index contributed by atoms with van der Waals surface area (Å²) in [5, 5.41) is 7.43. The van der Waals surface area contributed by atoms with Crippen LogP contribution >= 0.6 is 0 Å². The third kappa shape index (κ3) is 1.75. The summed E-state index contributed by atoms with van der Waals surface area (Å²) >= 11 is 0. The minimum Gasteiger partial charge on any atom is -0.361 e. The Hall–Kier alpha value is -0.830. The molecule has 0 amide bonds. The fourth-order valence-electron chi connectivity index (χ4n) is 1.68. The van der Waals surface area contributed by atoms with Gasteiger partial charge >= 0.3 is 0 Å². The van der Waals surface area contributed by atoms with Gasteiger partial charge in [-0.05, 0) is 13.0 Å². The molecule has 72 valence electrons. The van der Waals surface area contributed by atoms with Crippen LogP contribution in [0.25, 0.3) is 0 Å². The largest absolute Gasteiger partial charge is 0.361 e. The summed E-state index contributed by atoms with van der Waals surface area (Å²) in [5.74, 6) is 2.01. The maximum Gasteiger partial charge on any atom is 0.139 e. The van der Waals surface area contributed by atoms with Gasteiger partial charge in [-0.2, -0.15) is 0 Å². The van der Waals surface area contributed by atoms with Crippen molar-refractivity contribution in [3.63, 3.8) is 0 Å². The molecule has 2 heterocycles. The summed E-state index contributed by atoms with van der Waals surface area (Å²) in [6, 6.07) is 2.10. The minimum atomic E-state index is 0.440. The SMILES string of the molecule is CC(C)c1cc(C2CCNC2)no1. The van der Waals surface area contributed by atoms with Gasteiger partial charge in [0.2, 0.25) is 0 Å². The topological polar surface area (TPSA) is 38.1 Å². The zero-order valence-corrected chi connectivity index (χ0v) is 8.21. The van der Waals surface area contributed by atoms with Crippen molar-refractivity contribution in [2.45, 2.75) is 32.1 Å². The maximum absolute atomic E-state index is 5.26. The number of nitrogens with one attached hydrogen (secondary N) is 1. The summed E-state index contributed by atoms with van der Waals surface area (Å²) in [6.45, 7) is 6.40. The van der Waals surface area contributed by atoms with E-state index in [9.17, 15) is 0 Å². The van der Waals surface area contributed by atoms with Crippen LogP contribution in [0.3, 0.4) is 0 Å². The molecule has 1 saturated heterocycles. The van der Waals surface area contributed by atoms with Crippen LogP contribution in [-0.2, 0) is 0 Å². The van der Waals surface area contributed by atoms with Gasteiger partial charge in [-0.1, -0.05) is 19.0 Å². The van der Waals surface area contributed by atoms with Gasteiger partial charge in [-0.25, -0.2) is 0 Å². The van der Waals surface area contributed by atoms with E-state index in [1.807, 2.05) is 0 Å². The van der Waals surface area contributed by atoms with Crippen molar-refractivity contribution < 1.29 is 4.52 Å². The predicted octanol–water partition coefficient (Wildman–Crippen LogP) is 1.87. The van der Waals surface area contributed by atoms with Gasteiger partial charge in [0.1, 0.15) is 5.76 Å². The zero-order valence-electron chi connectivity index (χ0n) is 8.21. The van der Waals surface area contributed by atoms with Crippen LogP contribution < -0.4 is 5.32 Å². The molecule has 0 aliphatic carbocycles. The second kappa shape index (κ2) is 3.50. The fourth-order valence-corrected chi connectivity index (χ4v) is 1.68. The highest BCUT2D eigenvalue weighted by Gasteiger charge is 2.20. The quantitative estimate of drug-likeness (QED) is 0.755. The van der Waals surface area contributed by atoms with Gasteiger partial charge in [-0.15, -0.1) is 0 Å². The van der Waals surface area contributed by atoms with Gasteiger partial charge in [0.15, 0.2) is 0 Å². The summed E-state index contributed by atoms with van der Waals surface area (Å²) in [7, 11) is 0. The van der Waals surface area contributed by atoms with Crippen molar-refractivity contribution in [2.75, 3.05) is 13.1 Å². The molecule has 3 heteroatoms. The highest BCUT2D eigenvalue weighted by Crippen LogP contribution is 2.24. The molecule has 3 nitrogen and oxygen atoms in total. The molecule has 1 fully saturated rings. The van der Waals surface area contributed by atoms with Crippen LogP contribution in [0.5, 0.6) is 0 Å². The Morgan fingerprint density at radius 1 is 1.62 bits per heavy atom. The molecule has 1 aromatic rings. The number of hydrogen-bond donors (Lipinski definition) is 1. The first-order chi connectivity index (χ1) is 6.27. The smallest absolute Gasteiger partial charge is 0.139 e. The second-order valence-electron chi connectivity index (χ2n) is 4.00. The summed E-state index contributed by atoms with van der Waals surface area (Å²) < 4.78 is 5.26. The van der Waals surface area contributed by atoms with E-state index >= 15 is 0 Å². The van der Waals surface area contributed by atoms with Crippen molar-refractivity contribution in [3.05, 3.63) is 17.5 Å². The number of aromatic nitrogens is 1. The van der Waals surface area contributed by atoms with Crippen LogP contribution in [0.4, 0.5) is 0 Å². The van der Waals surface area contributed by atoms with Gasteiger partial charge in [0, 0.05) is 24.4 Å². The van der Waals surface area contributed by atoms with Crippen molar-refractivity contribution in [1.82, 2.24) is 10.5 Å². The molecule has 0 aromatic carbocycles. The summed E-state index contributed by atoms with van der Waals surface area (Å²) in [4.78, 5) is 0. The van der Waals surface area contributed by atoms with E-state index < -0.39 is 0 Å². The van der Waals surface area contributed by atoms with E-state index in [4.69, 9.17) is 4.52 Å². The molecule has 1 aromatic heterocycles.